The van der Waals surface area contributed by atoms with Gasteiger partial charge in [-0.25, -0.2) is 4.98 Å². The van der Waals surface area contributed by atoms with Crippen LogP contribution in [0, 0.1) is 0 Å². The predicted octanol–water partition coefficient (Wildman–Crippen LogP) is 2.38. The van der Waals surface area contributed by atoms with Crippen molar-refractivity contribution in [2.45, 2.75) is 24.7 Å². The highest BCUT2D eigenvalue weighted by Crippen LogP contribution is 2.44. The van der Waals surface area contributed by atoms with E-state index in [0.29, 0.717) is 0 Å². The van der Waals surface area contributed by atoms with Crippen molar-refractivity contribution in [2.24, 2.45) is 0 Å². The lowest BCUT2D eigenvalue weighted by atomic mass is 9.64. The third-order valence-corrected chi connectivity index (χ3v) is 3.82. The van der Waals surface area contributed by atoms with Gasteiger partial charge in [-0.15, -0.1) is 0 Å². The van der Waals surface area contributed by atoms with E-state index in [4.69, 9.17) is 0 Å². The third-order valence-electron chi connectivity index (χ3n) is 3.82. The molecule has 0 spiro atoms. The molecule has 4 nitrogen and oxygen atoms in total. The zero-order valence-electron chi connectivity index (χ0n) is 9.91. The van der Waals surface area contributed by atoms with Crippen molar-refractivity contribution >= 4 is 5.97 Å². The molecule has 0 aliphatic heterocycles. The number of carboxylic acid groups (broad SMARTS) is 1. The number of imidazole rings is 1. The van der Waals surface area contributed by atoms with E-state index in [9.17, 15) is 9.90 Å². The van der Waals surface area contributed by atoms with Crippen LogP contribution in [0.4, 0.5) is 0 Å². The van der Waals surface area contributed by atoms with E-state index in [2.05, 4.69) is 4.98 Å². The van der Waals surface area contributed by atoms with Crippen molar-refractivity contribution in [3.63, 3.8) is 0 Å². The molecule has 0 saturated heterocycles. The van der Waals surface area contributed by atoms with Crippen molar-refractivity contribution in [3.8, 4) is 5.69 Å². The standard InChI is InChI=1S/C14H14N2O2/c17-13(18)14(5-2-6-14)11-3-1-4-12(9-11)16-8-7-15-10-16/h1,3-4,7-10H,2,5-6H2,(H,17,18). The van der Waals surface area contributed by atoms with E-state index in [1.54, 1.807) is 12.5 Å². The van der Waals surface area contributed by atoms with Crippen LogP contribution in [0.1, 0.15) is 24.8 Å². The molecule has 1 aromatic heterocycles. The van der Waals surface area contributed by atoms with Crippen LogP contribution < -0.4 is 0 Å². The van der Waals surface area contributed by atoms with Gasteiger partial charge >= 0.3 is 5.97 Å². The Hall–Kier alpha value is -2.10. The van der Waals surface area contributed by atoms with Gasteiger partial charge in [-0.3, -0.25) is 4.79 Å². The fourth-order valence-corrected chi connectivity index (χ4v) is 2.53. The summed E-state index contributed by atoms with van der Waals surface area (Å²) in [4.78, 5) is 15.5. The van der Waals surface area contributed by atoms with Crippen molar-refractivity contribution in [1.82, 2.24) is 9.55 Å². The van der Waals surface area contributed by atoms with E-state index in [-0.39, 0.29) is 0 Å². The summed E-state index contributed by atoms with van der Waals surface area (Å²) in [6.45, 7) is 0. The lowest BCUT2D eigenvalue weighted by Gasteiger charge is -2.38. The molecule has 0 atom stereocenters. The molecule has 1 aliphatic carbocycles. The van der Waals surface area contributed by atoms with Gasteiger partial charge in [0.25, 0.3) is 0 Å². The van der Waals surface area contributed by atoms with Gasteiger partial charge in [0.05, 0.1) is 11.7 Å². The summed E-state index contributed by atoms with van der Waals surface area (Å²) in [5, 5.41) is 9.44. The molecular formula is C14H14N2O2. The zero-order chi connectivity index (χ0) is 12.6. The highest BCUT2D eigenvalue weighted by Gasteiger charge is 2.45. The fraction of sp³-hybridized carbons (Fsp3) is 0.286. The van der Waals surface area contributed by atoms with Crippen molar-refractivity contribution < 1.29 is 9.90 Å². The number of rotatable bonds is 3. The molecule has 2 aromatic rings. The highest BCUT2D eigenvalue weighted by molar-refractivity contribution is 5.82. The van der Waals surface area contributed by atoms with Gasteiger partial charge in [0, 0.05) is 18.1 Å². The minimum Gasteiger partial charge on any atom is -0.481 e. The molecule has 1 N–H and O–H groups in total. The van der Waals surface area contributed by atoms with Crippen molar-refractivity contribution in [3.05, 3.63) is 48.5 Å². The minimum absolute atomic E-state index is 0.670. The second kappa shape index (κ2) is 3.98. The van der Waals surface area contributed by atoms with Gasteiger partial charge < -0.3 is 9.67 Å². The van der Waals surface area contributed by atoms with Crippen molar-refractivity contribution in [2.75, 3.05) is 0 Å². The van der Waals surface area contributed by atoms with Crippen LogP contribution in [0.25, 0.3) is 5.69 Å². The first kappa shape index (κ1) is 11.0. The summed E-state index contributed by atoms with van der Waals surface area (Å²) in [5.74, 6) is -0.712. The van der Waals surface area contributed by atoms with Gasteiger partial charge in [0.15, 0.2) is 0 Å². The van der Waals surface area contributed by atoms with Gasteiger partial charge in [-0.2, -0.15) is 0 Å². The molecule has 1 saturated carbocycles. The number of hydrogen-bond donors (Lipinski definition) is 1. The van der Waals surface area contributed by atoms with Crippen LogP contribution >= 0.6 is 0 Å². The zero-order valence-corrected chi connectivity index (χ0v) is 9.91. The van der Waals surface area contributed by atoms with Crippen LogP contribution in [-0.4, -0.2) is 20.6 Å². The first-order valence-electron chi connectivity index (χ1n) is 6.05. The summed E-state index contributed by atoms with van der Waals surface area (Å²) in [7, 11) is 0. The summed E-state index contributed by atoms with van der Waals surface area (Å²) in [6.07, 6.45) is 7.73. The minimum atomic E-state index is -0.712. The van der Waals surface area contributed by atoms with Crippen molar-refractivity contribution in [1.29, 1.82) is 0 Å². The van der Waals surface area contributed by atoms with E-state index >= 15 is 0 Å². The maximum atomic E-state index is 11.5. The molecule has 0 radical (unpaired) electrons. The Kier molecular flexibility index (Phi) is 2.44. The Labute approximate surface area is 105 Å². The lowest BCUT2D eigenvalue weighted by Crippen LogP contribution is -2.42. The van der Waals surface area contributed by atoms with Gasteiger partial charge in [0.1, 0.15) is 0 Å². The number of hydrogen-bond acceptors (Lipinski definition) is 2. The molecule has 4 heteroatoms. The summed E-state index contributed by atoms with van der Waals surface area (Å²) < 4.78 is 1.89. The van der Waals surface area contributed by atoms with E-state index < -0.39 is 11.4 Å². The molecule has 1 heterocycles. The average molecular weight is 242 g/mol. The first-order chi connectivity index (χ1) is 8.72. The van der Waals surface area contributed by atoms with Gasteiger partial charge in [0.2, 0.25) is 0 Å². The van der Waals surface area contributed by atoms with Crippen LogP contribution in [0.15, 0.2) is 43.0 Å². The number of carboxylic acids is 1. The Balaban J connectivity index is 2.04. The molecule has 1 aromatic carbocycles. The van der Waals surface area contributed by atoms with E-state index in [0.717, 1.165) is 30.5 Å². The maximum absolute atomic E-state index is 11.5. The van der Waals surface area contributed by atoms with Gasteiger partial charge in [-0.05, 0) is 30.5 Å². The normalized spacial score (nSPS) is 17.1. The third kappa shape index (κ3) is 1.53. The quantitative estimate of drug-likeness (QED) is 0.899. The lowest BCUT2D eigenvalue weighted by molar-refractivity contribution is -0.147. The first-order valence-corrected chi connectivity index (χ1v) is 6.05. The van der Waals surface area contributed by atoms with Crippen LogP contribution in [0.2, 0.25) is 0 Å². The second-order valence-electron chi connectivity index (χ2n) is 4.76. The SMILES string of the molecule is O=C(O)C1(c2cccc(-n3ccnc3)c2)CCC1. The predicted molar refractivity (Wildman–Crippen MR) is 66.7 cm³/mol. The molecule has 3 rings (SSSR count). The molecule has 92 valence electrons. The van der Waals surface area contributed by atoms with E-state index in [1.807, 2.05) is 35.0 Å². The van der Waals surface area contributed by atoms with Gasteiger partial charge in [-0.1, -0.05) is 18.6 Å². The van der Waals surface area contributed by atoms with E-state index in [1.165, 1.54) is 0 Å². The summed E-state index contributed by atoms with van der Waals surface area (Å²) in [5.41, 5.74) is 1.18. The second-order valence-corrected chi connectivity index (χ2v) is 4.76. The molecule has 0 unspecified atom stereocenters. The fourth-order valence-electron chi connectivity index (χ4n) is 2.53. The largest absolute Gasteiger partial charge is 0.481 e. The Morgan fingerprint density at radius 1 is 1.39 bits per heavy atom. The number of nitrogens with zero attached hydrogens (tertiary/aromatic N) is 2. The maximum Gasteiger partial charge on any atom is 0.314 e. The topological polar surface area (TPSA) is 55.1 Å². The highest BCUT2D eigenvalue weighted by atomic mass is 16.4. The van der Waals surface area contributed by atoms with Crippen LogP contribution in [-0.2, 0) is 10.2 Å². The Morgan fingerprint density at radius 3 is 2.78 bits per heavy atom. The summed E-state index contributed by atoms with van der Waals surface area (Å²) >= 11 is 0. The molecule has 0 amide bonds. The molecule has 0 bridgehead atoms. The average Bonchev–Trinajstić information content (AvgIpc) is 2.80. The monoisotopic (exact) mass is 242 g/mol. The molecule has 1 fully saturated rings. The molecule has 1 aliphatic rings. The molecule has 18 heavy (non-hydrogen) atoms. The Bertz CT molecular complexity index is 571. The number of aliphatic carboxylic acids is 1. The smallest absolute Gasteiger partial charge is 0.314 e. The summed E-state index contributed by atoms with van der Waals surface area (Å²) in [6, 6.07) is 7.73. The van der Waals surface area contributed by atoms with Crippen LogP contribution in [0.3, 0.4) is 0 Å². The number of benzene rings is 1. The number of carbonyl (C=O) groups is 1. The Morgan fingerprint density at radius 2 is 2.22 bits per heavy atom. The number of aromatic nitrogens is 2. The van der Waals surface area contributed by atoms with Crippen LogP contribution in [0.5, 0.6) is 0 Å². The molecular weight excluding hydrogens is 228 g/mol.